The van der Waals surface area contributed by atoms with Crippen LogP contribution < -0.4 is 15.4 Å². The minimum absolute atomic E-state index is 0.0326. The maximum Gasteiger partial charge on any atom is 0.223 e. The van der Waals surface area contributed by atoms with Crippen molar-refractivity contribution in [3.05, 3.63) is 71.9 Å². The molecule has 0 unspecified atom stereocenters. The molecule has 2 N–H and O–H groups in total. The lowest BCUT2D eigenvalue weighted by Crippen LogP contribution is -2.41. The average Bonchev–Trinajstić information content (AvgIpc) is 3.46. The van der Waals surface area contributed by atoms with E-state index in [-0.39, 0.29) is 24.3 Å². The highest BCUT2D eigenvalue weighted by Gasteiger charge is 2.47. The first-order valence-corrected chi connectivity index (χ1v) is 10.9. The number of hydrogen-bond donors (Lipinski definition) is 2. The van der Waals surface area contributed by atoms with Crippen LogP contribution in [0, 0.1) is 11.3 Å². The zero-order valence-corrected chi connectivity index (χ0v) is 18.3. The number of anilines is 1. The Morgan fingerprint density at radius 1 is 1.06 bits per heavy atom. The van der Waals surface area contributed by atoms with Gasteiger partial charge in [-0.2, -0.15) is 5.26 Å². The molecule has 0 amide bonds. The summed E-state index contributed by atoms with van der Waals surface area (Å²) in [5, 5.41) is 16.0. The average molecular weight is 444 g/mol. The van der Waals surface area contributed by atoms with Crippen LogP contribution in [-0.4, -0.2) is 54.6 Å². The number of fused-ring (bicyclic) bond motifs is 1. The van der Waals surface area contributed by atoms with Crippen molar-refractivity contribution >= 4 is 5.95 Å². The van der Waals surface area contributed by atoms with E-state index < -0.39 is 0 Å². The largest absolute Gasteiger partial charge is 0.497 e. The SMILES string of the molecule is COc1ccc(-c2ccnc(N[C@H]3CO[C@H]4[C@@H]3OC[C@@H]4NCc3cccc(C#N)c3)n2)cc1. The normalized spacial score (nSPS) is 23.6. The van der Waals surface area contributed by atoms with Gasteiger partial charge in [0.05, 0.1) is 49.7 Å². The third kappa shape index (κ3) is 4.66. The Morgan fingerprint density at radius 3 is 2.64 bits per heavy atom. The van der Waals surface area contributed by atoms with Crippen LogP contribution >= 0.6 is 0 Å². The van der Waals surface area contributed by atoms with Crippen LogP contribution in [0.25, 0.3) is 11.3 Å². The van der Waals surface area contributed by atoms with Crippen molar-refractivity contribution < 1.29 is 14.2 Å². The molecule has 2 aliphatic heterocycles. The van der Waals surface area contributed by atoms with Crippen molar-refractivity contribution in [3.8, 4) is 23.1 Å². The van der Waals surface area contributed by atoms with Gasteiger partial charge in [0.15, 0.2) is 0 Å². The van der Waals surface area contributed by atoms with Crippen molar-refractivity contribution in [1.82, 2.24) is 15.3 Å². The summed E-state index contributed by atoms with van der Waals surface area (Å²) >= 11 is 0. The first kappa shape index (κ1) is 21.3. The molecule has 3 heterocycles. The third-order valence-electron chi connectivity index (χ3n) is 6.03. The summed E-state index contributed by atoms with van der Waals surface area (Å²) in [6.45, 7) is 1.74. The molecule has 2 aliphatic rings. The van der Waals surface area contributed by atoms with Gasteiger partial charge in [-0.25, -0.2) is 9.97 Å². The lowest BCUT2D eigenvalue weighted by molar-refractivity contribution is 0.0675. The number of hydrogen-bond acceptors (Lipinski definition) is 8. The molecular weight excluding hydrogens is 418 g/mol. The van der Waals surface area contributed by atoms with Crippen LogP contribution in [0.4, 0.5) is 5.95 Å². The zero-order valence-electron chi connectivity index (χ0n) is 18.3. The van der Waals surface area contributed by atoms with Crippen LogP contribution in [0.5, 0.6) is 5.75 Å². The van der Waals surface area contributed by atoms with Gasteiger partial charge in [-0.3, -0.25) is 0 Å². The molecule has 0 saturated carbocycles. The predicted octanol–water partition coefficient (Wildman–Crippen LogP) is 2.76. The molecule has 0 bridgehead atoms. The van der Waals surface area contributed by atoms with Gasteiger partial charge in [-0.15, -0.1) is 0 Å². The van der Waals surface area contributed by atoms with Gasteiger partial charge in [0.25, 0.3) is 0 Å². The summed E-state index contributed by atoms with van der Waals surface area (Å²) in [6.07, 6.45) is 1.62. The van der Waals surface area contributed by atoms with Crippen molar-refractivity contribution in [2.45, 2.75) is 30.8 Å². The molecule has 3 aromatic rings. The van der Waals surface area contributed by atoms with E-state index in [1.165, 1.54) is 0 Å². The van der Waals surface area contributed by atoms with Crippen LogP contribution in [0.15, 0.2) is 60.8 Å². The zero-order chi connectivity index (χ0) is 22.6. The van der Waals surface area contributed by atoms with Crippen molar-refractivity contribution in [2.24, 2.45) is 0 Å². The summed E-state index contributed by atoms with van der Waals surface area (Å²) < 4.78 is 17.4. The second-order valence-corrected chi connectivity index (χ2v) is 8.14. The highest BCUT2D eigenvalue weighted by atomic mass is 16.6. The van der Waals surface area contributed by atoms with Gasteiger partial charge in [0.2, 0.25) is 5.95 Å². The molecule has 2 saturated heterocycles. The van der Waals surface area contributed by atoms with E-state index in [9.17, 15) is 0 Å². The molecule has 8 nitrogen and oxygen atoms in total. The van der Waals surface area contributed by atoms with Gasteiger partial charge < -0.3 is 24.8 Å². The summed E-state index contributed by atoms with van der Waals surface area (Å²) in [5.41, 5.74) is 3.54. The van der Waals surface area contributed by atoms with E-state index >= 15 is 0 Å². The van der Waals surface area contributed by atoms with Crippen molar-refractivity contribution in [1.29, 1.82) is 5.26 Å². The number of rotatable bonds is 7. The maximum atomic E-state index is 9.09. The summed E-state index contributed by atoms with van der Waals surface area (Å²) in [5.74, 6) is 1.35. The highest BCUT2D eigenvalue weighted by molar-refractivity contribution is 5.61. The van der Waals surface area contributed by atoms with E-state index in [2.05, 4.69) is 26.7 Å². The Morgan fingerprint density at radius 2 is 1.85 bits per heavy atom. The first-order valence-electron chi connectivity index (χ1n) is 10.9. The van der Waals surface area contributed by atoms with E-state index in [4.69, 9.17) is 19.5 Å². The van der Waals surface area contributed by atoms with Gasteiger partial charge in [-0.1, -0.05) is 12.1 Å². The molecule has 2 fully saturated rings. The van der Waals surface area contributed by atoms with Crippen molar-refractivity contribution in [3.63, 3.8) is 0 Å². The molecule has 0 spiro atoms. The number of ether oxygens (including phenoxy) is 3. The predicted molar refractivity (Wildman–Crippen MR) is 123 cm³/mol. The summed E-state index contributed by atoms with van der Waals surface area (Å²) in [7, 11) is 1.65. The summed E-state index contributed by atoms with van der Waals surface area (Å²) in [4.78, 5) is 9.06. The third-order valence-corrected chi connectivity index (χ3v) is 6.03. The molecule has 2 aromatic carbocycles. The number of nitrogens with zero attached hydrogens (tertiary/aromatic N) is 3. The Labute approximate surface area is 192 Å². The number of benzene rings is 2. The Hall–Kier alpha value is -3.51. The van der Waals surface area contributed by atoms with Crippen LogP contribution in [0.3, 0.4) is 0 Å². The van der Waals surface area contributed by atoms with E-state index in [1.54, 1.807) is 19.4 Å². The molecule has 168 valence electrons. The van der Waals surface area contributed by atoms with Crippen molar-refractivity contribution in [2.75, 3.05) is 25.6 Å². The number of nitriles is 1. The fourth-order valence-corrected chi connectivity index (χ4v) is 4.31. The molecule has 0 aliphatic carbocycles. The molecule has 8 heteroatoms. The van der Waals surface area contributed by atoms with Gasteiger partial charge in [0, 0.05) is 18.3 Å². The first-order chi connectivity index (χ1) is 16.2. The minimum Gasteiger partial charge on any atom is -0.497 e. The van der Waals surface area contributed by atoms with Crippen LogP contribution in [0.2, 0.25) is 0 Å². The fourth-order valence-electron chi connectivity index (χ4n) is 4.31. The smallest absolute Gasteiger partial charge is 0.223 e. The Bertz CT molecular complexity index is 1150. The Kier molecular flexibility index (Phi) is 6.17. The van der Waals surface area contributed by atoms with Gasteiger partial charge in [0.1, 0.15) is 18.0 Å². The molecule has 4 atom stereocenters. The number of methoxy groups -OCH3 is 1. The molecule has 5 rings (SSSR count). The topological polar surface area (TPSA) is 101 Å². The Balaban J connectivity index is 1.20. The van der Waals surface area contributed by atoms with Gasteiger partial charge >= 0.3 is 0 Å². The summed E-state index contributed by atoms with van der Waals surface area (Å²) in [6, 6.07) is 19.5. The monoisotopic (exact) mass is 443 g/mol. The lowest BCUT2D eigenvalue weighted by Gasteiger charge is -2.18. The van der Waals surface area contributed by atoms with Crippen LogP contribution in [-0.2, 0) is 16.0 Å². The maximum absolute atomic E-state index is 9.09. The fraction of sp³-hybridized carbons (Fsp3) is 0.320. The van der Waals surface area contributed by atoms with E-state index in [1.807, 2.05) is 48.5 Å². The molecule has 0 radical (unpaired) electrons. The van der Waals surface area contributed by atoms with E-state index in [0.29, 0.717) is 31.3 Å². The second kappa shape index (κ2) is 9.55. The quantitative estimate of drug-likeness (QED) is 0.575. The van der Waals surface area contributed by atoms with E-state index in [0.717, 1.165) is 22.6 Å². The lowest BCUT2D eigenvalue weighted by atomic mass is 10.1. The number of aromatic nitrogens is 2. The molecule has 33 heavy (non-hydrogen) atoms. The van der Waals surface area contributed by atoms with Crippen LogP contribution in [0.1, 0.15) is 11.1 Å². The minimum atomic E-state index is -0.0822. The molecular formula is C25H25N5O3. The van der Waals surface area contributed by atoms with Gasteiger partial charge in [-0.05, 0) is 48.0 Å². The number of nitrogens with one attached hydrogen (secondary N) is 2. The highest BCUT2D eigenvalue weighted by Crippen LogP contribution is 2.29. The standard InChI is InChI=1S/C25H25N5O3/c1-31-19-7-5-18(6-8-19)20-9-10-27-25(29-20)30-22-15-33-23-21(14-32-24(22)23)28-13-17-4-2-3-16(11-17)12-26/h2-11,21-24,28H,13-15H2,1H3,(H,27,29,30)/t21-,22-,23+,24+/m0/s1. The second-order valence-electron chi connectivity index (χ2n) is 8.14. The molecule has 1 aromatic heterocycles.